The van der Waals surface area contributed by atoms with Crippen molar-refractivity contribution in [3.8, 4) is 5.75 Å². The summed E-state index contributed by atoms with van der Waals surface area (Å²) >= 11 is 2.91. The van der Waals surface area contributed by atoms with Gasteiger partial charge < -0.3 is 19.7 Å². The second kappa shape index (κ2) is 8.34. The third-order valence-electron chi connectivity index (χ3n) is 4.52. The van der Waals surface area contributed by atoms with Crippen molar-refractivity contribution >= 4 is 55.0 Å². The number of anilines is 2. The molecule has 1 aliphatic rings. The van der Waals surface area contributed by atoms with Crippen molar-refractivity contribution in [1.29, 1.82) is 0 Å². The van der Waals surface area contributed by atoms with Crippen LogP contribution in [0.15, 0.2) is 23.6 Å². The highest BCUT2D eigenvalue weighted by Gasteiger charge is 2.34. The molecule has 0 bridgehead atoms. The lowest BCUT2D eigenvalue weighted by atomic mass is 10.0. The fourth-order valence-corrected chi connectivity index (χ4v) is 4.65. The summed E-state index contributed by atoms with van der Waals surface area (Å²) in [5.74, 6) is 0.273. The normalized spacial score (nSPS) is 13.9. The van der Waals surface area contributed by atoms with Crippen LogP contribution in [0.1, 0.15) is 12.6 Å². The van der Waals surface area contributed by atoms with E-state index in [9.17, 15) is 9.59 Å². The average Bonchev–Trinajstić information content (AvgIpc) is 3.26. The molecule has 4 rings (SSSR count). The lowest BCUT2D eigenvalue weighted by Gasteiger charge is -2.37. The van der Waals surface area contributed by atoms with Crippen molar-refractivity contribution in [1.82, 2.24) is 9.97 Å². The summed E-state index contributed by atoms with van der Waals surface area (Å²) in [6, 6.07) is 5.83. The number of carbonyl (C=O) groups excluding carboxylic acids is 2. The number of benzene rings is 1. The van der Waals surface area contributed by atoms with Gasteiger partial charge in [0.05, 0.1) is 42.0 Å². The maximum absolute atomic E-state index is 12.5. The minimum atomic E-state index is -0.321. The topological polar surface area (TPSA) is 93.7 Å². The number of nitrogens with one attached hydrogen (secondary N) is 1. The summed E-state index contributed by atoms with van der Waals surface area (Å²) in [5.41, 5.74) is 1.50. The zero-order chi connectivity index (χ0) is 20.4. The lowest BCUT2D eigenvalue weighted by Crippen LogP contribution is -2.52. The molecule has 0 saturated carbocycles. The number of ether oxygens (including phenoxy) is 2. The molecule has 3 heterocycles. The molecule has 152 valence electrons. The molecular formula is C19H20N4O4S2. The molecule has 1 saturated heterocycles. The van der Waals surface area contributed by atoms with Crippen LogP contribution in [0.4, 0.5) is 10.3 Å². The molecule has 1 amide bonds. The first-order valence-electron chi connectivity index (χ1n) is 9.16. The third-order valence-corrected chi connectivity index (χ3v) is 6.42. The van der Waals surface area contributed by atoms with E-state index < -0.39 is 0 Å². The first-order valence-corrected chi connectivity index (χ1v) is 10.9. The van der Waals surface area contributed by atoms with Crippen molar-refractivity contribution in [2.75, 3.05) is 37.0 Å². The van der Waals surface area contributed by atoms with Gasteiger partial charge in [-0.15, -0.1) is 11.3 Å². The predicted octanol–water partition coefficient (Wildman–Crippen LogP) is 2.94. The average molecular weight is 433 g/mol. The number of fused-ring (bicyclic) bond motifs is 1. The number of esters is 1. The van der Waals surface area contributed by atoms with Gasteiger partial charge in [0.15, 0.2) is 10.3 Å². The summed E-state index contributed by atoms with van der Waals surface area (Å²) < 4.78 is 11.2. The lowest BCUT2D eigenvalue weighted by molar-refractivity contribution is -0.142. The van der Waals surface area contributed by atoms with Crippen LogP contribution in [-0.4, -0.2) is 48.7 Å². The fourth-order valence-electron chi connectivity index (χ4n) is 2.97. The van der Waals surface area contributed by atoms with Crippen LogP contribution in [0.5, 0.6) is 5.75 Å². The predicted molar refractivity (Wildman–Crippen MR) is 113 cm³/mol. The molecule has 2 aromatic heterocycles. The van der Waals surface area contributed by atoms with Crippen LogP contribution in [-0.2, 0) is 20.7 Å². The van der Waals surface area contributed by atoms with E-state index in [0.29, 0.717) is 30.5 Å². The van der Waals surface area contributed by atoms with Gasteiger partial charge in [0, 0.05) is 24.5 Å². The van der Waals surface area contributed by atoms with E-state index >= 15 is 0 Å². The zero-order valence-electron chi connectivity index (χ0n) is 16.0. The summed E-state index contributed by atoms with van der Waals surface area (Å²) in [6.07, 6.45) is 0.111. The Morgan fingerprint density at radius 1 is 1.31 bits per heavy atom. The first-order chi connectivity index (χ1) is 14.1. The van der Waals surface area contributed by atoms with Gasteiger partial charge in [-0.2, -0.15) is 0 Å². The molecule has 0 atom stereocenters. The molecule has 0 spiro atoms. The summed E-state index contributed by atoms with van der Waals surface area (Å²) in [6.45, 7) is 3.33. The number of thiazole rings is 2. The van der Waals surface area contributed by atoms with Crippen LogP contribution >= 0.6 is 22.7 Å². The molecule has 10 heteroatoms. The molecule has 1 aliphatic heterocycles. The monoisotopic (exact) mass is 432 g/mol. The Kier molecular flexibility index (Phi) is 5.63. The van der Waals surface area contributed by atoms with Crippen molar-refractivity contribution in [2.45, 2.75) is 13.3 Å². The summed E-state index contributed by atoms with van der Waals surface area (Å²) in [4.78, 5) is 35.0. The van der Waals surface area contributed by atoms with E-state index in [2.05, 4.69) is 20.2 Å². The molecule has 0 unspecified atom stereocenters. The second-order valence-electron chi connectivity index (χ2n) is 6.55. The highest BCUT2D eigenvalue weighted by molar-refractivity contribution is 7.22. The van der Waals surface area contributed by atoms with Crippen LogP contribution < -0.4 is 15.0 Å². The number of methoxy groups -OCH3 is 1. The second-order valence-corrected chi connectivity index (χ2v) is 8.41. The molecule has 0 radical (unpaired) electrons. The van der Waals surface area contributed by atoms with Gasteiger partial charge >= 0.3 is 5.97 Å². The summed E-state index contributed by atoms with van der Waals surface area (Å²) in [7, 11) is 1.63. The molecule has 0 aliphatic carbocycles. The number of hydrogen-bond acceptors (Lipinski definition) is 9. The fraction of sp³-hybridized carbons (Fsp3) is 0.368. The van der Waals surface area contributed by atoms with E-state index in [1.54, 1.807) is 30.8 Å². The number of aromatic nitrogens is 2. The van der Waals surface area contributed by atoms with E-state index in [4.69, 9.17) is 9.47 Å². The van der Waals surface area contributed by atoms with Gasteiger partial charge in [0.2, 0.25) is 5.91 Å². The summed E-state index contributed by atoms with van der Waals surface area (Å²) in [5, 5.41) is 6.00. The highest BCUT2D eigenvalue weighted by atomic mass is 32.1. The zero-order valence-corrected chi connectivity index (χ0v) is 17.6. The standard InChI is InChI=1S/C19H20N4O4S2/c1-3-27-16(24)6-12-10-28-18(20-12)22-17(25)11-8-23(9-11)19-21-14-7-13(26-2)4-5-15(14)29-19/h4-5,7,10-11H,3,6,8-9H2,1-2H3,(H,20,22,25). The molecule has 1 fully saturated rings. The SMILES string of the molecule is CCOC(=O)Cc1csc(NC(=O)C2CN(c3nc4cc(OC)ccc4s3)C2)n1. The van der Waals surface area contributed by atoms with Gasteiger partial charge in [0.1, 0.15) is 5.75 Å². The quantitative estimate of drug-likeness (QED) is 0.574. The third kappa shape index (κ3) is 4.33. The van der Waals surface area contributed by atoms with Crippen LogP contribution in [0, 0.1) is 5.92 Å². The van der Waals surface area contributed by atoms with Gasteiger partial charge in [-0.1, -0.05) is 11.3 Å². The van der Waals surface area contributed by atoms with Gasteiger partial charge in [-0.25, -0.2) is 9.97 Å². The van der Waals surface area contributed by atoms with E-state index in [1.807, 2.05) is 18.2 Å². The number of rotatable bonds is 7. The van der Waals surface area contributed by atoms with Gasteiger partial charge in [-0.05, 0) is 19.1 Å². The number of amides is 1. The maximum Gasteiger partial charge on any atom is 0.311 e. The molecule has 3 aromatic rings. The van der Waals surface area contributed by atoms with E-state index in [0.717, 1.165) is 21.1 Å². The van der Waals surface area contributed by atoms with Gasteiger partial charge in [0.25, 0.3) is 0 Å². The minimum Gasteiger partial charge on any atom is -0.497 e. The Morgan fingerprint density at radius 3 is 2.90 bits per heavy atom. The Labute approximate surface area is 175 Å². The highest BCUT2D eigenvalue weighted by Crippen LogP contribution is 2.34. The Bertz CT molecular complexity index is 1040. The molecule has 1 aromatic carbocycles. The van der Waals surface area contributed by atoms with Crippen molar-refractivity contribution in [3.63, 3.8) is 0 Å². The van der Waals surface area contributed by atoms with E-state index in [-0.39, 0.29) is 24.2 Å². The molecule has 8 nitrogen and oxygen atoms in total. The maximum atomic E-state index is 12.5. The Balaban J connectivity index is 1.31. The van der Waals surface area contributed by atoms with Crippen LogP contribution in [0.3, 0.4) is 0 Å². The van der Waals surface area contributed by atoms with Crippen LogP contribution in [0.25, 0.3) is 10.2 Å². The number of carbonyl (C=O) groups is 2. The Hall–Kier alpha value is -2.72. The molecule has 1 N–H and O–H groups in total. The van der Waals surface area contributed by atoms with Gasteiger partial charge in [-0.3, -0.25) is 9.59 Å². The first kappa shape index (κ1) is 19.6. The van der Waals surface area contributed by atoms with Crippen LogP contribution in [0.2, 0.25) is 0 Å². The number of hydrogen-bond donors (Lipinski definition) is 1. The van der Waals surface area contributed by atoms with Crippen molar-refractivity contribution in [3.05, 3.63) is 29.3 Å². The molecular weight excluding hydrogens is 412 g/mol. The van der Waals surface area contributed by atoms with E-state index in [1.165, 1.54) is 11.3 Å². The minimum absolute atomic E-state index is 0.0685. The van der Waals surface area contributed by atoms with Crippen molar-refractivity contribution < 1.29 is 19.1 Å². The largest absolute Gasteiger partial charge is 0.497 e. The molecule has 29 heavy (non-hydrogen) atoms. The Morgan fingerprint density at radius 2 is 2.14 bits per heavy atom. The van der Waals surface area contributed by atoms with Crippen molar-refractivity contribution in [2.24, 2.45) is 5.92 Å². The smallest absolute Gasteiger partial charge is 0.311 e. The number of nitrogens with zero attached hydrogens (tertiary/aromatic N) is 3.